The first-order chi connectivity index (χ1) is 15.9. The van der Waals surface area contributed by atoms with Crippen LogP contribution >= 0.6 is 0 Å². The number of hydrogen-bond acceptors (Lipinski definition) is 7. The number of rotatable bonds is 9. The maximum atomic E-state index is 11.7. The van der Waals surface area contributed by atoms with Gasteiger partial charge in [-0.25, -0.2) is 4.21 Å². The third-order valence-electron chi connectivity index (χ3n) is 5.53. The van der Waals surface area contributed by atoms with Crippen molar-refractivity contribution in [3.05, 3.63) is 76.6 Å². The fourth-order valence-electron chi connectivity index (χ4n) is 4.02. The molecule has 3 aromatic rings. The Kier molecular flexibility index (Phi) is 6.50. The first-order valence-corrected chi connectivity index (χ1v) is 11.4. The predicted octanol–water partition coefficient (Wildman–Crippen LogP) is 3.14. The summed E-state index contributed by atoms with van der Waals surface area (Å²) >= 11 is -1.96. The minimum Gasteiger partial charge on any atom is -0.482 e. The van der Waals surface area contributed by atoms with Gasteiger partial charge in [-0.15, -0.1) is 0 Å². The molecule has 1 atom stereocenters. The molecule has 0 amide bonds. The number of benzene rings is 2. The van der Waals surface area contributed by atoms with Crippen LogP contribution in [0, 0.1) is 21.4 Å². The van der Waals surface area contributed by atoms with E-state index in [2.05, 4.69) is 11.2 Å². The summed E-state index contributed by atoms with van der Waals surface area (Å²) < 4.78 is 27.8. The molecule has 170 valence electrons. The zero-order valence-corrected chi connectivity index (χ0v) is 18.4. The van der Waals surface area contributed by atoms with Crippen molar-refractivity contribution in [3.63, 3.8) is 0 Å². The van der Waals surface area contributed by atoms with E-state index in [1.165, 1.54) is 6.07 Å². The third kappa shape index (κ3) is 4.78. The fraction of sp³-hybridized carbons (Fsp3) is 0.273. The Balaban J connectivity index is 1.64. The molecule has 1 aromatic heterocycles. The lowest BCUT2D eigenvalue weighted by molar-refractivity contribution is -0.385. The SMILES string of the molecule is N#CCC1(n2cc(-c3cccc([N+](=O)[O-])c3OCc3ccccc3)cn2)CN(CS(=O)O)C1. The predicted molar refractivity (Wildman–Crippen MR) is 121 cm³/mol. The van der Waals surface area contributed by atoms with Crippen LogP contribution in [0.1, 0.15) is 12.0 Å². The molecule has 1 fully saturated rings. The second-order valence-electron chi connectivity index (χ2n) is 7.86. The van der Waals surface area contributed by atoms with Gasteiger partial charge in [-0.1, -0.05) is 42.5 Å². The lowest BCUT2D eigenvalue weighted by Gasteiger charge is -2.48. The summed E-state index contributed by atoms with van der Waals surface area (Å²) in [7, 11) is 0. The van der Waals surface area contributed by atoms with Gasteiger partial charge in [0.25, 0.3) is 0 Å². The largest absolute Gasteiger partial charge is 0.482 e. The van der Waals surface area contributed by atoms with E-state index in [-0.39, 0.29) is 30.3 Å². The first kappa shape index (κ1) is 22.6. The van der Waals surface area contributed by atoms with Crippen LogP contribution in [-0.4, -0.2) is 47.3 Å². The highest BCUT2D eigenvalue weighted by Crippen LogP contribution is 2.40. The maximum Gasteiger partial charge on any atom is 0.311 e. The van der Waals surface area contributed by atoms with Crippen molar-refractivity contribution in [3.8, 4) is 22.9 Å². The number of hydrogen-bond donors (Lipinski definition) is 1. The molecule has 0 spiro atoms. The molecule has 1 N–H and O–H groups in total. The summed E-state index contributed by atoms with van der Waals surface area (Å²) in [5.41, 5.74) is 1.23. The number of nitrogens with zero attached hydrogens (tertiary/aromatic N) is 5. The quantitative estimate of drug-likeness (QED) is 0.288. The lowest BCUT2D eigenvalue weighted by Crippen LogP contribution is -2.63. The zero-order chi connectivity index (χ0) is 23.4. The lowest BCUT2D eigenvalue weighted by atomic mass is 9.87. The second-order valence-corrected chi connectivity index (χ2v) is 8.76. The van der Waals surface area contributed by atoms with Crippen LogP contribution in [0.5, 0.6) is 5.75 Å². The first-order valence-electron chi connectivity index (χ1n) is 10.1. The fourth-order valence-corrected chi connectivity index (χ4v) is 4.51. The van der Waals surface area contributed by atoms with Gasteiger partial charge in [0.1, 0.15) is 18.0 Å². The molecule has 2 heterocycles. The second kappa shape index (κ2) is 9.50. The van der Waals surface area contributed by atoms with E-state index in [4.69, 9.17) is 9.29 Å². The molecule has 0 radical (unpaired) electrons. The molecule has 33 heavy (non-hydrogen) atoms. The number of para-hydroxylation sites is 1. The van der Waals surface area contributed by atoms with Crippen molar-refractivity contribution < 1.29 is 18.4 Å². The van der Waals surface area contributed by atoms with Crippen molar-refractivity contribution in [2.24, 2.45) is 0 Å². The van der Waals surface area contributed by atoms with Crippen LogP contribution in [0.3, 0.4) is 0 Å². The molecule has 4 rings (SSSR count). The zero-order valence-electron chi connectivity index (χ0n) is 17.5. The van der Waals surface area contributed by atoms with Gasteiger partial charge < -0.3 is 9.29 Å². The Bertz CT molecular complexity index is 1220. The summed E-state index contributed by atoms with van der Waals surface area (Å²) in [4.78, 5) is 13.0. The van der Waals surface area contributed by atoms with Crippen LogP contribution in [0.4, 0.5) is 5.69 Å². The molecular formula is C22H21N5O5S. The van der Waals surface area contributed by atoms with Crippen molar-refractivity contribution in [1.82, 2.24) is 14.7 Å². The Hall–Kier alpha value is -3.59. The Morgan fingerprint density at radius 1 is 1.24 bits per heavy atom. The molecule has 1 aliphatic heterocycles. The topological polar surface area (TPSA) is 135 Å². The molecule has 10 nitrogen and oxygen atoms in total. The summed E-state index contributed by atoms with van der Waals surface area (Å²) in [5, 5.41) is 25.4. The van der Waals surface area contributed by atoms with Crippen LogP contribution in [0.15, 0.2) is 60.9 Å². The standard InChI is InChI=1S/C22H21N5O5S/c23-10-9-22(14-25(15-22)16-33(30)31)26-12-18(11-24-26)19-7-4-8-20(27(28)29)21(19)32-13-17-5-2-1-3-6-17/h1-8,11-12H,9,13-16H2,(H,30,31). The van der Waals surface area contributed by atoms with E-state index in [0.29, 0.717) is 24.2 Å². The summed E-state index contributed by atoms with van der Waals surface area (Å²) in [6.07, 6.45) is 3.49. The van der Waals surface area contributed by atoms with Gasteiger partial charge in [0.15, 0.2) is 11.1 Å². The number of likely N-dealkylation sites (tertiary alicyclic amines) is 1. The van der Waals surface area contributed by atoms with Crippen LogP contribution in [-0.2, 0) is 23.2 Å². The molecule has 11 heteroatoms. The molecule has 2 aromatic carbocycles. The van der Waals surface area contributed by atoms with E-state index in [1.807, 2.05) is 30.3 Å². The van der Waals surface area contributed by atoms with Crippen LogP contribution in [0.2, 0.25) is 0 Å². The minimum atomic E-state index is -1.96. The molecule has 0 bridgehead atoms. The highest BCUT2D eigenvalue weighted by atomic mass is 32.2. The molecule has 1 unspecified atom stereocenters. The van der Waals surface area contributed by atoms with Gasteiger partial charge in [0, 0.05) is 36.5 Å². The normalized spacial score (nSPS) is 15.9. The highest BCUT2D eigenvalue weighted by Gasteiger charge is 2.45. The average Bonchev–Trinajstić information content (AvgIpc) is 3.26. The third-order valence-corrected chi connectivity index (χ3v) is 6.12. The van der Waals surface area contributed by atoms with Gasteiger partial charge in [-0.2, -0.15) is 10.4 Å². The summed E-state index contributed by atoms with van der Waals surface area (Å²) in [6.45, 7) is 0.971. The van der Waals surface area contributed by atoms with E-state index in [0.717, 1.165) is 5.56 Å². The minimum absolute atomic E-state index is 0.00363. The van der Waals surface area contributed by atoms with Gasteiger partial charge in [0.05, 0.1) is 23.6 Å². The Labute approximate surface area is 192 Å². The maximum absolute atomic E-state index is 11.7. The van der Waals surface area contributed by atoms with E-state index in [9.17, 15) is 19.6 Å². The van der Waals surface area contributed by atoms with Crippen molar-refractivity contribution in [2.75, 3.05) is 19.0 Å². The molecular weight excluding hydrogens is 446 g/mol. The van der Waals surface area contributed by atoms with Gasteiger partial charge in [-0.3, -0.25) is 19.7 Å². The Morgan fingerprint density at radius 2 is 2.00 bits per heavy atom. The molecule has 1 saturated heterocycles. The number of aromatic nitrogens is 2. The summed E-state index contributed by atoms with van der Waals surface area (Å²) in [6, 6.07) is 16.2. The number of ether oxygens (including phenoxy) is 1. The summed E-state index contributed by atoms with van der Waals surface area (Å²) in [5.74, 6) is 0.148. The number of nitro benzene ring substituents is 1. The van der Waals surface area contributed by atoms with E-state index >= 15 is 0 Å². The van der Waals surface area contributed by atoms with E-state index < -0.39 is 21.5 Å². The average molecular weight is 468 g/mol. The van der Waals surface area contributed by atoms with Crippen molar-refractivity contribution >= 4 is 16.8 Å². The van der Waals surface area contributed by atoms with Crippen molar-refractivity contribution in [1.29, 1.82) is 5.26 Å². The molecule has 0 aliphatic carbocycles. The Morgan fingerprint density at radius 3 is 2.67 bits per heavy atom. The number of nitro groups is 1. The van der Waals surface area contributed by atoms with Crippen LogP contribution < -0.4 is 4.74 Å². The van der Waals surface area contributed by atoms with E-state index in [1.54, 1.807) is 34.1 Å². The monoisotopic (exact) mass is 467 g/mol. The molecule has 0 saturated carbocycles. The highest BCUT2D eigenvalue weighted by molar-refractivity contribution is 7.79. The van der Waals surface area contributed by atoms with Crippen molar-refractivity contribution in [2.45, 2.75) is 18.6 Å². The molecule has 1 aliphatic rings. The van der Waals surface area contributed by atoms with Gasteiger partial charge in [-0.05, 0) is 5.56 Å². The number of nitriles is 1. The van der Waals surface area contributed by atoms with Gasteiger partial charge >= 0.3 is 5.69 Å². The van der Waals surface area contributed by atoms with Crippen LogP contribution in [0.25, 0.3) is 11.1 Å². The van der Waals surface area contributed by atoms with Gasteiger partial charge in [0.2, 0.25) is 5.75 Å². The smallest absolute Gasteiger partial charge is 0.311 e.